The molecule has 27 heavy (non-hydrogen) atoms. The molecule has 5 heteroatoms. The van der Waals surface area contributed by atoms with Crippen LogP contribution in [-0.2, 0) is 13.2 Å². The summed E-state index contributed by atoms with van der Waals surface area (Å²) in [6.45, 7) is 1.01. The summed E-state index contributed by atoms with van der Waals surface area (Å²) in [4.78, 5) is 11.4. The SMILES string of the molecule is O=C(O)c1nn(Cc2ccc(OCc3ccccc3)cc2)c2ccccc12. The van der Waals surface area contributed by atoms with Crippen molar-refractivity contribution in [3.05, 3.63) is 95.7 Å². The number of fused-ring (bicyclic) bond motifs is 1. The van der Waals surface area contributed by atoms with Crippen molar-refractivity contribution in [2.24, 2.45) is 0 Å². The van der Waals surface area contributed by atoms with Gasteiger partial charge in [0.15, 0.2) is 5.69 Å². The summed E-state index contributed by atoms with van der Waals surface area (Å²) in [5.41, 5.74) is 3.02. The molecule has 5 nitrogen and oxygen atoms in total. The second-order valence-corrected chi connectivity index (χ2v) is 6.25. The zero-order valence-electron chi connectivity index (χ0n) is 14.6. The largest absolute Gasteiger partial charge is 0.489 e. The van der Waals surface area contributed by atoms with E-state index in [1.165, 1.54) is 0 Å². The van der Waals surface area contributed by atoms with E-state index in [1.54, 1.807) is 10.7 Å². The van der Waals surface area contributed by atoms with Crippen LogP contribution in [0.5, 0.6) is 5.75 Å². The molecule has 0 aliphatic heterocycles. The van der Waals surface area contributed by atoms with Gasteiger partial charge in [0, 0.05) is 5.39 Å². The van der Waals surface area contributed by atoms with Crippen LogP contribution in [0, 0.1) is 0 Å². The van der Waals surface area contributed by atoms with Gasteiger partial charge in [-0.25, -0.2) is 4.79 Å². The van der Waals surface area contributed by atoms with Crippen LogP contribution in [0.2, 0.25) is 0 Å². The molecule has 1 heterocycles. The number of carboxylic acid groups (broad SMARTS) is 1. The van der Waals surface area contributed by atoms with Crippen LogP contribution in [-0.4, -0.2) is 20.9 Å². The third kappa shape index (κ3) is 3.67. The summed E-state index contributed by atoms with van der Waals surface area (Å²) in [6.07, 6.45) is 0. The first-order chi connectivity index (χ1) is 13.2. The molecule has 0 aliphatic rings. The van der Waals surface area contributed by atoms with E-state index >= 15 is 0 Å². The van der Waals surface area contributed by atoms with Gasteiger partial charge in [-0.15, -0.1) is 0 Å². The van der Waals surface area contributed by atoms with Crippen LogP contribution >= 0.6 is 0 Å². The lowest BCUT2D eigenvalue weighted by atomic mass is 10.2. The minimum Gasteiger partial charge on any atom is -0.489 e. The molecular weight excluding hydrogens is 340 g/mol. The third-order valence-electron chi connectivity index (χ3n) is 4.36. The first-order valence-electron chi connectivity index (χ1n) is 8.65. The molecule has 134 valence electrons. The van der Waals surface area contributed by atoms with E-state index in [4.69, 9.17) is 4.74 Å². The molecule has 0 aliphatic carbocycles. The molecule has 0 saturated carbocycles. The standard InChI is InChI=1S/C22H18N2O3/c25-22(26)21-19-8-4-5-9-20(19)24(23-21)14-16-10-12-18(13-11-16)27-15-17-6-2-1-3-7-17/h1-13H,14-15H2,(H,25,26). The summed E-state index contributed by atoms with van der Waals surface area (Å²) in [5, 5.41) is 14.3. The van der Waals surface area contributed by atoms with E-state index in [-0.39, 0.29) is 5.69 Å². The first kappa shape index (κ1) is 16.8. The van der Waals surface area contributed by atoms with Crippen molar-refractivity contribution in [2.45, 2.75) is 13.2 Å². The minimum atomic E-state index is -1.02. The number of rotatable bonds is 6. The number of carbonyl (C=O) groups is 1. The maximum absolute atomic E-state index is 11.4. The Hall–Kier alpha value is -3.60. The fourth-order valence-corrected chi connectivity index (χ4v) is 3.01. The Morgan fingerprint density at radius 1 is 0.889 bits per heavy atom. The van der Waals surface area contributed by atoms with E-state index in [2.05, 4.69) is 5.10 Å². The highest BCUT2D eigenvalue weighted by Gasteiger charge is 2.15. The van der Waals surface area contributed by atoms with Gasteiger partial charge in [0.05, 0.1) is 12.1 Å². The van der Waals surface area contributed by atoms with Crippen LogP contribution in [0.3, 0.4) is 0 Å². The van der Waals surface area contributed by atoms with Crippen molar-refractivity contribution in [3.8, 4) is 5.75 Å². The zero-order chi connectivity index (χ0) is 18.6. The molecule has 0 unspecified atom stereocenters. The van der Waals surface area contributed by atoms with Gasteiger partial charge in [-0.05, 0) is 29.3 Å². The fraction of sp³-hybridized carbons (Fsp3) is 0.0909. The number of ether oxygens (including phenoxy) is 1. The smallest absolute Gasteiger partial charge is 0.357 e. The van der Waals surface area contributed by atoms with Gasteiger partial charge in [0.25, 0.3) is 0 Å². The molecular formula is C22H18N2O3. The van der Waals surface area contributed by atoms with Crippen molar-refractivity contribution in [1.29, 1.82) is 0 Å². The van der Waals surface area contributed by atoms with Gasteiger partial charge in [-0.2, -0.15) is 5.10 Å². The normalized spacial score (nSPS) is 10.8. The first-order valence-corrected chi connectivity index (χ1v) is 8.65. The lowest BCUT2D eigenvalue weighted by Gasteiger charge is -2.08. The van der Waals surface area contributed by atoms with Crippen LogP contribution in [0.15, 0.2) is 78.9 Å². The number of aromatic carboxylic acids is 1. The Labute approximate surface area is 156 Å². The molecule has 0 fully saturated rings. The van der Waals surface area contributed by atoms with Crippen molar-refractivity contribution in [3.63, 3.8) is 0 Å². The van der Waals surface area contributed by atoms with Gasteiger partial charge in [-0.1, -0.05) is 60.7 Å². The second-order valence-electron chi connectivity index (χ2n) is 6.25. The number of aromatic nitrogens is 2. The van der Waals surface area contributed by atoms with Crippen molar-refractivity contribution < 1.29 is 14.6 Å². The number of hydrogen-bond acceptors (Lipinski definition) is 3. The number of nitrogens with zero attached hydrogens (tertiary/aromatic N) is 2. The van der Waals surface area contributed by atoms with E-state index < -0.39 is 5.97 Å². The zero-order valence-corrected chi connectivity index (χ0v) is 14.6. The predicted octanol–water partition coefficient (Wildman–Crippen LogP) is 4.36. The molecule has 1 N–H and O–H groups in total. The fourth-order valence-electron chi connectivity index (χ4n) is 3.01. The van der Waals surface area contributed by atoms with Crippen LogP contribution in [0.25, 0.3) is 10.9 Å². The summed E-state index contributed by atoms with van der Waals surface area (Å²) in [7, 11) is 0. The monoisotopic (exact) mass is 358 g/mol. The molecule has 1 aromatic heterocycles. The Kier molecular flexibility index (Phi) is 4.58. The third-order valence-corrected chi connectivity index (χ3v) is 4.36. The molecule has 0 amide bonds. The predicted molar refractivity (Wildman–Crippen MR) is 103 cm³/mol. The van der Waals surface area contributed by atoms with Crippen molar-refractivity contribution in [1.82, 2.24) is 9.78 Å². The van der Waals surface area contributed by atoms with E-state index in [9.17, 15) is 9.90 Å². The van der Waals surface area contributed by atoms with Crippen LogP contribution in [0.4, 0.5) is 0 Å². The minimum absolute atomic E-state index is 0.0772. The van der Waals surface area contributed by atoms with Crippen LogP contribution in [0.1, 0.15) is 21.6 Å². The van der Waals surface area contributed by atoms with E-state index in [1.807, 2.05) is 72.8 Å². The highest BCUT2D eigenvalue weighted by atomic mass is 16.5. The molecule has 0 spiro atoms. The van der Waals surface area contributed by atoms with Gasteiger partial charge < -0.3 is 9.84 Å². The molecule has 0 atom stereocenters. The van der Waals surface area contributed by atoms with Gasteiger partial charge >= 0.3 is 5.97 Å². The second kappa shape index (κ2) is 7.33. The summed E-state index contributed by atoms with van der Waals surface area (Å²) in [6, 6.07) is 25.1. The Morgan fingerprint density at radius 3 is 2.33 bits per heavy atom. The maximum Gasteiger partial charge on any atom is 0.357 e. The topological polar surface area (TPSA) is 64.3 Å². The Morgan fingerprint density at radius 2 is 1.59 bits per heavy atom. The average molecular weight is 358 g/mol. The van der Waals surface area contributed by atoms with Gasteiger partial charge in [0.2, 0.25) is 0 Å². The molecule has 0 bridgehead atoms. The molecule has 4 aromatic rings. The molecule has 3 aromatic carbocycles. The highest BCUT2D eigenvalue weighted by molar-refractivity contribution is 6.01. The average Bonchev–Trinajstić information content (AvgIpc) is 3.07. The number of benzene rings is 3. The maximum atomic E-state index is 11.4. The Balaban J connectivity index is 1.50. The number of hydrogen-bond donors (Lipinski definition) is 1. The van der Waals surface area contributed by atoms with Gasteiger partial charge in [0.1, 0.15) is 12.4 Å². The van der Waals surface area contributed by atoms with E-state index in [0.29, 0.717) is 18.5 Å². The lowest BCUT2D eigenvalue weighted by molar-refractivity contribution is 0.0691. The molecule has 0 radical (unpaired) electrons. The van der Waals surface area contributed by atoms with E-state index in [0.717, 1.165) is 22.4 Å². The molecule has 0 saturated heterocycles. The number of para-hydroxylation sites is 1. The van der Waals surface area contributed by atoms with Crippen molar-refractivity contribution in [2.75, 3.05) is 0 Å². The van der Waals surface area contributed by atoms with Crippen molar-refractivity contribution >= 4 is 16.9 Å². The summed E-state index contributed by atoms with van der Waals surface area (Å²) in [5.74, 6) is -0.228. The number of carboxylic acids is 1. The lowest BCUT2D eigenvalue weighted by Crippen LogP contribution is -2.04. The molecule has 4 rings (SSSR count). The quantitative estimate of drug-likeness (QED) is 0.556. The highest BCUT2D eigenvalue weighted by Crippen LogP contribution is 2.21. The van der Waals surface area contributed by atoms with Gasteiger partial charge in [-0.3, -0.25) is 4.68 Å². The Bertz CT molecular complexity index is 1070. The summed E-state index contributed by atoms with van der Waals surface area (Å²) < 4.78 is 7.52. The van der Waals surface area contributed by atoms with Crippen LogP contribution < -0.4 is 4.74 Å². The summed E-state index contributed by atoms with van der Waals surface area (Å²) >= 11 is 0.